The summed E-state index contributed by atoms with van der Waals surface area (Å²) in [4.78, 5) is 25.4. The Balaban J connectivity index is 1.89. The molecule has 0 atom stereocenters. The molecule has 0 spiro atoms. The lowest BCUT2D eigenvalue weighted by Gasteiger charge is -2.19. The van der Waals surface area contributed by atoms with E-state index in [1.165, 1.54) is 12.1 Å². The van der Waals surface area contributed by atoms with Crippen molar-refractivity contribution in [3.63, 3.8) is 0 Å². The van der Waals surface area contributed by atoms with E-state index in [0.29, 0.717) is 10.8 Å². The Bertz CT molecular complexity index is 1610. The smallest absolute Gasteiger partial charge is 0.337 e. The predicted octanol–water partition coefficient (Wildman–Crippen LogP) is 6.90. The first kappa shape index (κ1) is 15.4. The molecule has 0 saturated heterocycles. The fourth-order valence-corrected chi connectivity index (χ4v) is 4.42. The molecule has 0 saturated carbocycles. The minimum absolute atomic E-state index is 0.0667. The van der Waals surface area contributed by atoms with Crippen molar-refractivity contribution in [3.05, 3.63) is 108 Å². The average molecular weight is 453 g/mol. The second kappa shape index (κ2) is 8.83. The highest BCUT2D eigenvalue weighted by atomic mass is 16.5. The van der Waals surface area contributed by atoms with Crippen LogP contribution in [0.3, 0.4) is 0 Å². The summed E-state index contributed by atoms with van der Waals surface area (Å²) in [5.74, 6) is -1.96. The SMILES string of the molecule is [2H]C([2H])([2H])OC(=O)c1ccc2c(c1)c(-c1ccccc1)c(-c1ccccc1)c1cc(C(=O)OC([2H])([2H])[2H])ccc12. The molecule has 5 aromatic rings. The molecule has 0 aliphatic carbocycles. The largest absolute Gasteiger partial charge is 0.465 e. The maximum atomic E-state index is 12.7. The third kappa shape index (κ3) is 3.59. The number of benzene rings is 5. The van der Waals surface area contributed by atoms with Gasteiger partial charge in [-0.05, 0) is 68.1 Å². The van der Waals surface area contributed by atoms with Crippen molar-refractivity contribution >= 4 is 33.5 Å². The van der Waals surface area contributed by atoms with E-state index in [1.54, 1.807) is 24.3 Å². The van der Waals surface area contributed by atoms with Gasteiger partial charge in [0.2, 0.25) is 0 Å². The van der Waals surface area contributed by atoms with E-state index in [2.05, 4.69) is 9.47 Å². The molecule has 0 aliphatic rings. The minimum Gasteiger partial charge on any atom is -0.465 e. The lowest BCUT2D eigenvalue weighted by molar-refractivity contribution is 0.0592. The standard InChI is InChI=1S/C30H22O4/c1-33-29(31)21-13-15-23-24-16-14-22(30(32)34-2)18-26(24)28(20-11-7-4-8-12-20)27(25(23)17-21)19-9-5-3-6-10-19/h3-18H,1-2H3/i1D3,2D3. The van der Waals surface area contributed by atoms with E-state index in [-0.39, 0.29) is 11.1 Å². The summed E-state index contributed by atoms with van der Waals surface area (Å²) in [5, 5.41) is 2.79. The predicted molar refractivity (Wildman–Crippen MR) is 135 cm³/mol. The van der Waals surface area contributed by atoms with Gasteiger partial charge in [-0.1, -0.05) is 72.8 Å². The van der Waals surface area contributed by atoms with Crippen LogP contribution in [0, 0.1) is 0 Å². The molecule has 5 rings (SSSR count). The highest BCUT2D eigenvalue weighted by molar-refractivity contribution is 6.23. The molecular weight excluding hydrogens is 424 g/mol. The van der Waals surface area contributed by atoms with Gasteiger partial charge in [0.15, 0.2) is 0 Å². The second-order valence-corrected chi connectivity index (χ2v) is 7.78. The number of fused-ring (bicyclic) bond motifs is 3. The number of hydrogen-bond donors (Lipinski definition) is 0. The van der Waals surface area contributed by atoms with Crippen LogP contribution in [-0.2, 0) is 9.47 Å². The topological polar surface area (TPSA) is 52.6 Å². The number of methoxy groups -OCH3 is 2. The van der Waals surface area contributed by atoms with Crippen molar-refractivity contribution in [2.45, 2.75) is 0 Å². The summed E-state index contributed by atoms with van der Waals surface area (Å²) in [7, 11) is -5.79. The molecule has 0 radical (unpaired) electrons. The zero-order valence-corrected chi connectivity index (χ0v) is 17.9. The van der Waals surface area contributed by atoms with Crippen LogP contribution >= 0.6 is 0 Å². The van der Waals surface area contributed by atoms with Gasteiger partial charge in [0.25, 0.3) is 0 Å². The summed E-state index contributed by atoms with van der Waals surface area (Å²) in [6.45, 7) is 0. The first-order valence-corrected chi connectivity index (χ1v) is 10.5. The van der Waals surface area contributed by atoms with Crippen LogP contribution in [0.5, 0.6) is 0 Å². The second-order valence-electron chi connectivity index (χ2n) is 7.78. The lowest BCUT2D eigenvalue weighted by atomic mass is 9.84. The lowest BCUT2D eigenvalue weighted by Crippen LogP contribution is -2.03. The molecule has 0 unspecified atom stereocenters. The van der Waals surface area contributed by atoms with Gasteiger partial charge in [-0.3, -0.25) is 0 Å². The van der Waals surface area contributed by atoms with Crippen LogP contribution in [0.1, 0.15) is 28.9 Å². The zero-order chi connectivity index (χ0) is 28.7. The van der Waals surface area contributed by atoms with E-state index in [4.69, 9.17) is 8.22 Å². The summed E-state index contributed by atoms with van der Waals surface area (Å²) < 4.78 is 53.3. The maximum Gasteiger partial charge on any atom is 0.337 e. The first-order chi connectivity index (χ1) is 18.9. The van der Waals surface area contributed by atoms with Crippen molar-refractivity contribution < 1.29 is 27.3 Å². The van der Waals surface area contributed by atoms with Gasteiger partial charge in [-0.15, -0.1) is 0 Å². The fourth-order valence-electron chi connectivity index (χ4n) is 4.42. The van der Waals surface area contributed by atoms with Crippen LogP contribution < -0.4 is 0 Å². The van der Waals surface area contributed by atoms with Crippen LogP contribution in [0.15, 0.2) is 97.1 Å². The Labute approximate surface area is 205 Å². The van der Waals surface area contributed by atoms with Crippen LogP contribution in [0.4, 0.5) is 0 Å². The summed E-state index contributed by atoms with van der Waals surface area (Å²) in [5.41, 5.74) is 3.22. The van der Waals surface area contributed by atoms with Gasteiger partial charge >= 0.3 is 11.9 Å². The zero-order valence-electron chi connectivity index (χ0n) is 23.9. The molecule has 4 heteroatoms. The van der Waals surface area contributed by atoms with Crippen molar-refractivity contribution in [3.8, 4) is 22.3 Å². The van der Waals surface area contributed by atoms with Crippen molar-refractivity contribution in [2.75, 3.05) is 14.1 Å². The van der Waals surface area contributed by atoms with Crippen LogP contribution in [-0.4, -0.2) is 26.0 Å². The number of hydrogen-bond acceptors (Lipinski definition) is 4. The highest BCUT2D eigenvalue weighted by Gasteiger charge is 2.20. The summed E-state index contributed by atoms with van der Waals surface area (Å²) in [6, 6.07) is 28.5. The third-order valence-electron chi connectivity index (χ3n) is 5.90. The first-order valence-electron chi connectivity index (χ1n) is 13.5. The number of esters is 2. The van der Waals surface area contributed by atoms with E-state index >= 15 is 0 Å². The maximum absolute atomic E-state index is 12.7. The normalized spacial score (nSPS) is 14.2. The molecular formula is C30H22O4. The Morgan fingerprint density at radius 3 is 1.35 bits per heavy atom. The summed E-state index contributed by atoms with van der Waals surface area (Å²) >= 11 is 0. The van der Waals surface area contributed by atoms with Gasteiger partial charge in [-0.25, -0.2) is 9.59 Å². The van der Waals surface area contributed by atoms with E-state index in [0.717, 1.165) is 33.0 Å². The number of ether oxygens (including phenoxy) is 2. The molecule has 0 bridgehead atoms. The van der Waals surface area contributed by atoms with Gasteiger partial charge < -0.3 is 9.47 Å². The fraction of sp³-hybridized carbons (Fsp3) is 0.0667. The quantitative estimate of drug-likeness (QED) is 0.220. The van der Waals surface area contributed by atoms with Crippen molar-refractivity contribution in [1.29, 1.82) is 0 Å². The Morgan fingerprint density at radius 1 is 0.559 bits per heavy atom. The van der Waals surface area contributed by atoms with Crippen molar-refractivity contribution in [2.24, 2.45) is 0 Å². The Kier molecular flexibility index (Phi) is 4.00. The van der Waals surface area contributed by atoms with E-state index in [9.17, 15) is 9.59 Å². The third-order valence-corrected chi connectivity index (χ3v) is 5.90. The van der Waals surface area contributed by atoms with E-state index < -0.39 is 26.0 Å². The van der Waals surface area contributed by atoms with Crippen LogP contribution in [0.25, 0.3) is 43.8 Å². The van der Waals surface area contributed by atoms with Crippen molar-refractivity contribution in [1.82, 2.24) is 0 Å². The average Bonchev–Trinajstić information content (AvgIpc) is 2.90. The molecule has 4 nitrogen and oxygen atoms in total. The molecule has 0 fully saturated rings. The number of carbonyl (C=O) groups excluding carboxylic acids is 2. The Morgan fingerprint density at radius 2 is 0.971 bits per heavy atom. The van der Waals surface area contributed by atoms with E-state index in [1.807, 2.05) is 60.7 Å². The molecule has 34 heavy (non-hydrogen) atoms. The Hall–Kier alpha value is -4.44. The summed E-state index contributed by atoms with van der Waals surface area (Å²) in [6.07, 6.45) is 0. The monoisotopic (exact) mass is 452 g/mol. The molecule has 0 N–H and O–H groups in total. The molecule has 166 valence electrons. The molecule has 0 aromatic heterocycles. The highest BCUT2D eigenvalue weighted by Crippen LogP contribution is 2.45. The molecule has 0 heterocycles. The van der Waals surface area contributed by atoms with Gasteiger partial charge in [0.05, 0.1) is 33.4 Å². The number of carbonyl (C=O) groups is 2. The number of rotatable bonds is 4. The molecule has 5 aromatic carbocycles. The van der Waals surface area contributed by atoms with Crippen LogP contribution in [0.2, 0.25) is 0 Å². The molecule has 0 amide bonds. The van der Waals surface area contributed by atoms with Gasteiger partial charge in [-0.2, -0.15) is 0 Å². The van der Waals surface area contributed by atoms with Gasteiger partial charge in [0, 0.05) is 0 Å². The minimum atomic E-state index is -2.90. The van der Waals surface area contributed by atoms with Gasteiger partial charge in [0.1, 0.15) is 0 Å². The molecule has 0 aliphatic heterocycles.